The van der Waals surface area contributed by atoms with Crippen molar-refractivity contribution in [3.63, 3.8) is 0 Å². The predicted octanol–water partition coefficient (Wildman–Crippen LogP) is 2.09. The molecule has 2 N–H and O–H groups in total. The fourth-order valence-corrected chi connectivity index (χ4v) is 2.47. The maximum atomic E-state index is 6.20. The molecule has 1 aliphatic heterocycles. The maximum absolute atomic E-state index is 6.20. The minimum atomic E-state index is 0.284. The zero-order chi connectivity index (χ0) is 10.8. The van der Waals surface area contributed by atoms with E-state index in [9.17, 15) is 0 Å². The van der Waals surface area contributed by atoms with Crippen LogP contribution in [0.3, 0.4) is 0 Å². The highest BCUT2D eigenvalue weighted by atomic mass is 15.2. The molecule has 2 nitrogen and oxygen atoms in total. The summed E-state index contributed by atoms with van der Waals surface area (Å²) in [5, 5.41) is 0. The summed E-state index contributed by atoms with van der Waals surface area (Å²) in [6.07, 6.45) is 2.36. The highest BCUT2D eigenvalue weighted by Crippen LogP contribution is 2.28. The van der Waals surface area contributed by atoms with Crippen LogP contribution in [-0.2, 0) is 0 Å². The normalized spacial score (nSPS) is 27.9. The van der Waals surface area contributed by atoms with Gasteiger partial charge < -0.3 is 5.73 Å². The summed E-state index contributed by atoms with van der Waals surface area (Å²) < 4.78 is 0. The Balaban J connectivity index is 2.23. The summed E-state index contributed by atoms with van der Waals surface area (Å²) in [4.78, 5) is 2.37. The lowest BCUT2D eigenvalue weighted by Gasteiger charge is -2.37. The number of likely N-dealkylation sites (tertiary alicyclic amines) is 1. The number of aryl methyl sites for hydroxylation is 1. The van der Waals surface area contributed by atoms with Crippen LogP contribution in [-0.4, -0.2) is 24.5 Å². The number of benzene rings is 1. The Bertz CT molecular complexity index is 308. The summed E-state index contributed by atoms with van der Waals surface area (Å²) in [6.45, 7) is 3.28. The fourth-order valence-electron chi connectivity index (χ4n) is 2.47. The van der Waals surface area contributed by atoms with Gasteiger partial charge in [-0.05, 0) is 38.9 Å². The summed E-state index contributed by atoms with van der Waals surface area (Å²) in [6, 6.07) is 9.45. The van der Waals surface area contributed by atoms with E-state index in [2.05, 4.69) is 43.1 Å². The summed E-state index contributed by atoms with van der Waals surface area (Å²) >= 11 is 0. The van der Waals surface area contributed by atoms with Crippen LogP contribution >= 0.6 is 0 Å². The van der Waals surface area contributed by atoms with Crippen LogP contribution in [0.25, 0.3) is 0 Å². The average Bonchev–Trinajstić information content (AvgIpc) is 2.20. The molecule has 0 saturated carbocycles. The van der Waals surface area contributed by atoms with Crippen molar-refractivity contribution >= 4 is 0 Å². The fraction of sp³-hybridized carbons (Fsp3) is 0.538. The van der Waals surface area contributed by atoms with E-state index in [1.54, 1.807) is 0 Å². The van der Waals surface area contributed by atoms with Crippen LogP contribution in [0, 0.1) is 6.92 Å². The predicted molar refractivity (Wildman–Crippen MR) is 63.8 cm³/mol. The van der Waals surface area contributed by atoms with Crippen LogP contribution in [0.2, 0.25) is 0 Å². The van der Waals surface area contributed by atoms with Crippen molar-refractivity contribution in [3.8, 4) is 0 Å². The Kier molecular flexibility index (Phi) is 3.08. The molecule has 2 heteroatoms. The van der Waals surface area contributed by atoms with E-state index < -0.39 is 0 Å². The number of hydrogen-bond donors (Lipinski definition) is 1. The molecule has 2 atom stereocenters. The Labute approximate surface area is 92.1 Å². The molecule has 82 valence electrons. The minimum absolute atomic E-state index is 0.284. The largest absolute Gasteiger partial charge is 0.326 e. The third-order valence-corrected chi connectivity index (χ3v) is 3.35. The number of nitrogens with two attached hydrogens (primary N) is 1. The van der Waals surface area contributed by atoms with E-state index in [0.717, 1.165) is 13.0 Å². The first kappa shape index (κ1) is 10.7. The van der Waals surface area contributed by atoms with Gasteiger partial charge in [0.2, 0.25) is 0 Å². The first-order valence-corrected chi connectivity index (χ1v) is 5.71. The van der Waals surface area contributed by atoms with Gasteiger partial charge in [-0.25, -0.2) is 0 Å². The second-order valence-corrected chi connectivity index (χ2v) is 4.64. The van der Waals surface area contributed by atoms with Gasteiger partial charge in [0.1, 0.15) is 0 Å². The standard InChI is InChI=1S/C13H20N2/c1-10-5-7-11(8-6-10)13-12(14)4-3-9-15(13)2/h5-8,12-13H,3-4,9,14H2,1-2H3. The Hall–Kier alpha value is -0.860. The second kappa shape index (κ2) is 4.33. The Morgan fingerprint density at radius 1 is 1.27 bits per heavy atom. The molecule has 1 heterocycles. The first-order chi connectivity index (χ1) is 7.18. The molecule has 1 aromatic rings. The summed E-state index contributed by atoms with van der Waals surface area (Å²) in [5.41, 5.74) is 8.87. The quantitative estimate of drug-likeness (QED) is 0.759. The topological polar surface area (TPSA) is 29.3 Å². The van der Waals surface area contributed by atoms with Crippen molar-refractivity contribution < 1.29 is 0 Å². The number of hydrogen-bond acceptors (Lipinski definition) is 2. The molecule has 1 aliphatic rings. The van der Waals surface area contributed by atoms with Gasteiger partial charge in [0.05, 0.1) is 0 Å². The van der Waals surface area contributed by atoms with Gasteiger partial charge in [0, 0.05) is 12.1 Å². The number of likely N-dealkylation sites (N-methyl/N-ethyl adjacent to an activating group) is 1. The van der Waals surface area contributed by atoms with E-state index in [1.165, 1.54) is 17.5 Å². The first-order valence-electron chi connectivity index (χ1n) is 5.71. The number of rotatable bonds is 1. The van der Waals surface area contributed by atoms with Gasteiger partial charge in [-0.1, -0.05) is 29.8 Å². The molecule has 0 spiro atoms. The van der Waals surface area contributed by atoms with Crippen LogP contribution < -0.4 is 5.73 Å². The van der Waals surface area contributed by atoms with Gasteiger partial charge >= 0.3 is 0 Å². The maximum Gasteiger partial charge on any atom is 0.0496 e. The molecule has 0 aromatic heterocycles. The average molecular weight is 204 g/mol. The second-order valence-electron chi connectivity index (χ2n) is 4.64. The van der Waals surface area contributed by atoms with E-state index in [-0.39, 0.29) is 6.04 Å². The highest BCUT2D eigenvalue weighted by Gasteiger charge is 2.27. The third kappa shape index (κ3) is 2.21. The molecule has 2 rings (SSSR count). The monoisotopic (exact) mass is 204 g/mol. The van der Waals surface area contributed by atoms with E-state index in [0.29, 0.717) is 6.04 Å². The Morgan fingerprint density at radius 2 is 1.93 bits per heavy atom. The molecule has 1 saturated heterocycles. The van der Waals surface area contributed by atoms with Crippen molar-refractivity contribution in [2.45, 2.75) is 31.8 Å². The smallest absolute Gasteiger partial charge is 0.0496 e. The molecular formula is C13H20N2. The molecule has 0 bridgehead atoms. The number of nitrogens with zero attached hydrogens (tertiary/aromatic N) is 1. The molecular weight excluding hydrogens is 184 g/mol. The van der Waals surface area contributed by atoms with Crippen molar-refractivity contribution in [2.24, 2.45) is 5.73 Å². The van der Waals surface area contributed by atoms with Crippen molar-refractivity contribution in [1.29, 1.82) is 0 Å². The van der Waals surface area contributed by atoms with Gasteiger partial charge in [0.15, 0.2) is 0 Å². The van der Waals surface area contributed by atoms with Gasteiger partial charge in [-0.3, -0.25) is 4.90 Å². The van der Waals surface area contributed by atoms with Crippen LogP contribution in [0.1, 0.15) is 30.0 Å². The van der Waals surface area contributed by atoms with Crippen LogP contribution in [0.5, 0.6) is 0 Å². The molecule has 0 amide bonds. The summed E-state index contributed by atoms with van der Waals surface area (Å²) in [5.74, 6) is 0. The van der Waals surface area contributed by atoms with E-state index in [4.69, 9.17) is 5.73 Å². The lowest BCUT2D eigenvalue weighted by Crippen LogP contribution is -2.43. The van der Waals surface area contributed by atoms with Crippen molar-refractivity contribution in [3.05, 3.63) is 35.4 Å². The molecule has 1 fully saturated rings. The van der Waals surface area contributed by atoms with E-state index >= 15 is 0 Å². The highest BCUT2D eigenvalue weighted by molar-refractivity contribution is 5.25. The lowest BCUT2D eigenvalue weighted by atomic mass is 9.91. The summed E-state index contributed by atoms with van der Waals surface area (Å²) in [7, 11) is 2.17. The third-order valence-electron chi connectivity index (χ3n) is 3.35. The van der Waals surface area contributed by atoms with Crippen molar-refractivity contribution in [1.82, 2.24) is 4.90 Å². The zero-order valence-corrected chi connectivity index (χ0v) is 9.61. The zero-order valence-electron chi connectivity index (χ0n) is 9.61. The molecule has 0 radical (unpaired) electrons. The Morgan fingerprint density at radius 3 is 2.53 bits per heavy atom. The van der Waals surface area contributed by atoms with Crippen LogP contribution in [0.15, 0.2) is 24.3 Å². The molecule has 15 heavy (non-hydrogen) atoms. The van der Waals surface area contributed by atoms with Gasteiger partial charge in [-0.15, -0.1) is 0 Å². The van der Waals surface area contributed by atoms with Crippen LogP contribution in [0.4, 0.5) is 0 Å². The van der Waals surface area contributed by atoms with Gasteiger partial charge in [-0.2, -0.15) is 0 Å². The van der Waals surface area contributed by atoms with E-state index in [1.807, 2.05) is 0 Å². The lowest BCUT2D eigenvalue weighted by molar-refractivity contribution is 0.163. The van der Waals surface area contributed by atoms with Gasteiger partial charge in [0.25, 0.3) is 0 Å². The number of piperidine rings is 1. The minimum Gasteiger partial charge on any atom is -0.326 e. The molecule has 0 aliphatic carbocycles. The molecule has 2 unspecified atom stereocenters. The van der Waals surface area contributed by atoms with Crippen molar-refractivity contribution in [2.75, 3.05) is 13.6 Å². The molecule has 1 aromatic carbocycles. The SMILES string of the molecule is Cc1ccc(C2C(N)CCCN2C)cc1.